The molecule has 0 radical (unpaired) electrons. The minimum Gasteiger partial charge on any atom is -0.399 e. The highest BCUT2D eigenvalue weighted by Gasteiger charge is 2.51. The highest BCUT2D eigenvalue weighted by molar-refractivity contribution is 8.09. The number of rotatable bonds is 7. The quantitative estimate of drug-likeness (QED) is 0.189. The molecule has 47 heavy (non-hydrogen) atoms. The normalized spacial score (nSPS) is 16.1. The number of hydrogen-bond donors (Lipinski definition) is 0. The first-order valence-corrected chi connectivity index (χ1v) is 18.2. The van der Waals surface area contributed by atoms with E-state index >= 15 is 4.39 Å². The zero-order valence-corrected chi connectivity index (χ0v) is 28.9. The molecule has 4 aromatic rings. The van der Waals surface area contributed by atoms with Crippen LogP contribution < -0.4 is 9.17 Å². The third-order valence-corrected chi connectivity index (χ3v) is 11.9. The van der Waals surface area contributed by atoms with E-state index < -0.39 is 76.7 Å². The molecular weight excluding hydrogens is 700 g/mol. The van der Waals surface area contributed by atoms with Gasteiger partial charge >= 0.3 is 7.12 Å². The number of carbonyl (C=O) groups is 2. The van der Waals surface area contributed by atoms with Gasteiger partial charge < -0.3 is 9.31 Å². The van der Waals surface area contributed by atoms with Crippen LogP contribution in [0.2, 0.25) is 10.0 Å². The number of anilines is 1. The summed E-state index contributed by atoms with van der Waals surface area (Å²) in [4.78, 5) is 27.9. The Hall–Kier alpha value is -3.34. The Morgan fingerprint density at radius 3 is 1.94 bits per heavy atom. The molecule has 1 aromatic heterocycles. The van der Waals surface area contributed by atoms with Crippen LogP contribution in [-0.4, -0.2) is 63.9 Å². The fourth-order valence-electron chi connectivity index (χ4n) is 5.15. The molecule has 1 saturated heterocycles. The van der Waals surface area contributed by atoms with E-state index in [2.05, 4.69) is 0 Å². The van der Waals surface area contributed by atoms with Crippen molar-refractivity contribution in [1.29, 1.82) is 0 Å². The lowest BCUT2D eigenvalue weighted by Crippen LogP contribution is -2.41. The fraction of sp³-hybridized carbons (Fsp3) is 0.267. The highest BCUT2D eigenvalue weighted by Crippen LogP contribution is 2.38. The van der Waals surface area contributed by atoms with Crippen LogP contribution in [0.25, 0.3) is 10.9 Å². The summed E-state index contributed by atoms with van der Waals surface area (Å²) in [6.45, 7) is 7.37. The summed E-state index contributed by atoms with van der Waals surface area (Å²) in [6, 6.07) is 10.4. The molecule has 10 nitrogen and oxygen atoms in total. The summed E-state index contributed by atoms with van der Waals surface area (Å²) in [5.41, 5.74) is -3.59. The van der Waals surface area contributed by atoms with Crippen LogP contribution in [0.1, 0.15) is 54.0 Å². The van der Waals surface area contributed by atoms with Crippen LogP contribution in [0.3, 0.4) is 0 Å². The zero-order chi connectivity index (χ0) is 35.0. The van der Waals surface area contributed by atoms with Gasteiger partial charge in [-0.2, -0.15) is 3.71 Å². The first-order valence-electron chi connectivity index (χ1n) is 13.8. The molecule has 0 N–H and O–H groups in total. The number of hydrogen-bond acceptors (Lipinski definition) is 8. The van der Waals surface area contributed by atoms with Gasteiger partial charge in [-0.3, -0.25) is 14.2 Å². The van der Waals surface area contributed by atoms with E-state index in [9.17, 15) is 30.8 Å². The Bertz CT molecular complexity index is 2160. The molecule has 0 unspecified atom stereocenters. The monoisotopic (exact) mass is 726 g/mol. The highest BCUT2D eigenvalue weighted by atomic mass is 35.5. The van der Waals surface area contributed by atoms with Gasteiger partial charge in [-0.1, -0.05) is 41.4 Å². The maximum Gasteiger partial charge on any atom is 0.494 e. The summed E-state index contributed by atoms with van der Waals surface area (Å²) in [7, 11) is -10.5. The average Bonchev–Trinajstić information content (AvgIpc) is 3.41. The standard InChI is InChI=1S/C30H27BCl2F2N2O8S2/c1-29(2)30(3,4)45-31(44-29)16-10-13-23-18(14-16)19(15-36(23)28(39)24-20(32)8-7-9-21(24)33)27(38)17-11-12-22(34)26(25(17)35)37(46(5,40)41)47(6,42)43/h7-15H,1-6H3. The molecule has 0 saturated carbocycles. The second kappa shape index (κ2) is 11.7. The Kier molecular flexibility index (Phi) is 8.69. The van der Waals surface area contributed by atoms with Gasteiger partial charge in [0.1, 0.15) is 5.69 Å². The molecule has 3 aromatic carbocycles. The number of nitrogens with zero attached hydrogens (tertiary/aromatic N) is 2. The number of carbonyl (C=O) groups excluding carboxylic acids is 2. The third-order valence-electron chi connectivity index (χ3n) is 8.09. The van der Waals surface area contributed by atoms with Gasteiger partial charge in [-0.05, 0) is 63.5 Å². The molecule has 2 heterocycles. The van der Waals surface area contributed by atoms with E-state index in [1.807, 2.05) is 27.7 Å². The van der Waals surface area contributed by atoms with Gasteiger partial charge in [-0.15, -0.1) is 0 Å². The molecule has 248 valence electrons. The van der Waals surface area contributed by atoms with Crippen LogP contribution in [0.4, 0.5) is 14.5 Å². The van der Waals surface area contributed by atoms with E-state index in [0.29, 0.717) is 24.0 Å². The molecule has 0 bridgehead atoms. The lowest BCUT2D eigenvalue weighted by atomic mass is 9.78. The summed E-state index contributed by atoms with van der Waals surface area (Å²) in [5.74, 6) is -5.18. The number of ketones is 1. The fourth-order valence-corrected chi connectivity index (χ4v) is 8.68. The van der Waals surface area contributed by atoms with Crippen LogP contribution in [0.15, 0.2) is 54.7 Å². The summed E-state index contributed by atoms with van der Waals surface area (Å²) in [6.07, 6.45) is 1.99. The van der Waals surface area contributed by atoms with Crippen molar-refractivity contribution in [3.8, 4) is 0 Å². The number of sulfonamides is 2. The molecule has 5 rings (SSSR count). The van der Waals surface area contributed by atoms with E-state index in [-0.39, 0.29) is 32.1 Å². The van der Waals surface area contributed by atoms with E-state index in [1.165, 1.54) is 30.3 Å². The predicted molar refractivity (Wildman–Crippen MR) is 176 cm³/mol. The maximum absolute atomic E-state index is 16.0. The van der Waals surface area contributed by atoms with Gasteiger partial charge in [-0.25, -0.2) is 25.6 Å². The minimum atomic E-state index is -4.79. The molecule has 1 aliphatic rings. The molecule has 1 aliphatic heterocycles. The first kappa shape index (κ1) is 35.0. The van der Waals surface area contributed by atoms with Gasteiger partial charge in [0.15, 0.2) is 17.4 Å². The number of fused-ring (bicyclic) bond motifs is 1. The van der Waals surface area contributed by atoms with Crippen molar-refractivity contribution in [1.82, 2.24) is 4.57 Å². The van der Waals surface area contributed by atoms with Crippen LogP contribution >= 0.6 is 23.2 Å². The van der Waals surface area contributed by atoms with Crippen molar-refractivity contribution < 1.29 is 44.5 Å². The smallest absolute Gasteiger partial charge is 0.399 e. The van der Waals surface area contributed by atoms with Crippen molar-refractivity contribution in [3.63, 3.8) is 0 Å². The largest absolute Gasteiger partial charge is 0.494 e. The molecule has 1 fully saturated rings. The molecule has 0 spiro atoms. The molecule has 0 aliphatic carbocycles. The number of benzene rings is 3. The van der Waals surface area contributed by atoms with Crippen molar-refractivity contribution in [2.75, 3.05) is 16.2 Å². The van der Waals surface area contributed by atoms with Crippen molar-refractivity contribution in [2.24, 2.45) is 0 Å². The Morgan fingerprint density at radius 1 is 0.851 bits per heavy atom. The zero-order valence-electron chi connectivity index (χ0n) is 25.8. The minimum absolute atomic E-state index is 0.0157. The van der Waals surface area contributed by atoms with Crippen molar-refractivity contribution >= 4 is 84.1 Å². The molecular formula is C30H27BCl2F2N2O8S2. The van der Waals surface area contributed by atoms with Crippen molar-refractivity contribution in [3.05, 3.63) is 93.1 Å². The average molecular weight is 727 g/mol. The predicted octanol–water partition coefficient (Wildman–Crippen LogP) is 5.17. The van der Waals surface area contributed by atoms with Crippen LogP contribution in [0, 0.1) is 11.6 Å². The second-order valence-electron chi connectivity index (χ2n) is 12.0. The second-order valence-corrected chi connectivity index (χ2v) is 16.7. The summed E-state index contributed by atoms with van der Waals surface area (Å²) >= 11 is 12.6. The van der Waals surface area contributed by atoms with Crippen molar-refractivity contribution in [2.45, 2.75) is 38.9 Å². The van der Waals surface area contributed by atoms with Crippen LogP contribution in [-0.2, 0) is 29.4 Å². The SMILES string of the molecule is CC1(C)OB(c2ccc3c(c2)c(C(=O)c2ccc(F)c(N(S(C)(=O)=O)S(C)(=O)=O)c2F)cn3C(=O)c2c(Cl)cccc2Cl)OC1(C)C. The van der Waals surface area contributed by atoms with Gasteiger partial charge in [0.25, 0.3) is 5.91 Å². The van der Waals surface area contributed by atoms with Crippen LogP contribution in [0.5, 0.6) is 0 Å². The topological polar surface area (TPSA) is 129 Å². The lowest BCUT2D eigenvalue weighted by molar-refractivity contribution is 0.00578. The Labute approximate surface area is 280 Å². The Balaban J connectivity index is 1.75. The summed E-state index contributed by atoms with van der Waals surface area (Å²) < 4.78 is 93.4. The number of halogens is 4. The first-order chi connectivity index (χ1) is 21.6. The van der Waals surface area contributed by atoms with E-state index in [4.69, 9.17) is 32.5 Å². The van der Waals surface area contributed by atoms with E-state index in [0.717, 1.165) is 16.8 Å². The van der Waals surface area contributed by atoms with Gasteiger partial charge in [0.2, 0.25) is 20.0 Å². The van der Waals surface area contributed by atoms with E-state index in [1.54, 1.807) is 6.07 Å². The van der Waals surface area contributed by atoms with Gasteiger partial charge in [0, 0.05) is 17.1 Å². The van der Waals surface area contributed by atoms with Gasteiger partial charge in [0.05, 0.1) is 50.4 Å². The molecule has 0 amide bonds. The Morgan fingerprint density at radius 2 is 1.40 bits per heavy atom. The summed E-state index contributed by atoms with van der Waals surface area (Å²) in [5, 5.41) is 0.135. The maximum atomic E-state index is 16.0. The molecule has 17 heteroatoms. The number of aromatic nitrogens is 1. The third kappa shape index (κ3) is 6.09. The molecule has 0 atom stereocenters. The lowest BCUT2D eigenvalue weighted by Gasteiger charge is -2.32.